The molecular formula is C37H50N12O12PS+. The van der Waals surface area contributed by atoms with E-state index in [0.29, 0.717) is 5.56 Å². The van der Waals surface area contributed by atoms with Gasteiger partial charge in [0.1, 0.15) is 24.8 Å². The third-order valence-corrected chi connectivity index (χ3v) is 11.7. The summed E-state index contributed by atoms with van der Waals surface area (Å²) in [4.78, 5) is 73.2. The molecule has 4 aromatic heterocycles. The van der Waals surface area contributed by atoms with Gasteiger partial charge in [0.25, 0.3) is 11.5 Å². The Hall–Kier alpha value is -5.21. The van der Waals surface area contributed by atoms with Crippen LogP contribution in [0.15, 0.2) is 54.1 Å². The monoisotopic (exact) mass is 917 g/mol. The number of carbonyl (C=O) groups excluding carboxylic acids is 2. The molecule has 0 aliphatic carbocycles. The Labute approximate surface area is 362 Å². The number of anilines is 2. The van der Waals surface area contributed by atoms with Crippen molar-refractivity contribution in [1.29, 1.82) is 0 Å². The quantitative estimate of drug-likeness (QED) is 0.0727. The third kappa shape index (κ3) is 11.5. The number of ether oxygens (including phenoxy) is 2. The fourth-order valence-electron chi connectivity index (χ4n) is 6.86. The van der Waals surface area contributed by atoms with Crippen LogP contribution in [0.1, 0.15) is 70.3 Å². The van der Waals surface area contributed by atoms with Crippen molar-refractivity contribution in [3.63, 3.8) is 0 Å². The first kappa shape index (κ1) is 47.3. The zero-order valence-corrected chi connectivity index (χ0v) is 36.7. The molecule has 2 aliphatic rings. The Morgan fingerprint density at radius 1 is 0.968 bits per heavy atom. The maximum Gasteiger partial charge on any atom is 0.695 e. The van der Waals surface area contributed by atoms with Gasteiger partial charge in [-0.3, -0.25) is 38.0 Å². The highest BCUT2D eigenvalue weighted by molar-refractivity contribution is 7.84. The van der Waals surface area contributed by atoms with Gasteiger partial charge in [0, 0.05) is 35.4 Å². The molecule has 2 fully saturated rings. The second-order valence-corrected chi connectivity index (χ2v) is 16.7. The number of aliphatic hydroxyl groups is 1. The molecule has 5 aromatic rings. The minimum atomic E-state index is -4.54. The van der Waals surface area contributed by atoms with E-state index in [1.165, 1.54) is 47.8 Å². The number of carbonyl (C=O) groups is 2. The largest absolute Gasteiger partial charge is 0.695 e. The molecule has 0 bridgehead atoms. The Bertz CT molecular complexity index is 2550. The first-order chi connectivity index (χ1) is 30.1. The van der Waals surface area contributed by atoms with Crippen LogP contribution >= 0.6 is 8.25 Å². The van der Waals surface area contributed by atoms with Crippen LogP contribution in [0, 0.1) is 5.92 Å². The molecule has 7 rings (SSSR count). The fourth-order valence-corrected chi connectivity index (χ4v) is 8.27. The van der Waals surface area contributed by atoms with Gasteiger partial charge in [-0.15, -0.1) is 9.42 Å². The third-order valence-electron chi connectivity index (χ3n) is 10.2. The molecule has 6 heterocycles. The summed E-state index contributed by atoms with van der Waals surface area (Å²) in [5.41, 5.74) is 0.0697. The van der Waals surface area contributed by atoms with Gasteiger partial charge in [0.05, 0.1) is 25.4 Å². The molecule has 340 valence electrons. The lowest BCUT2D eigenvalue weighted by Crippen LogP contribution is -2.38. The summed E-state index contributed by atoms with van der Waals surface area (Å²) in [6, 6.07) is 8.49. The average Bonchev–Trinajstić information content (AvgIpc) is 4.06. The lowest BCUT2D eigenvalue weighted by atomic mass is 10.2. The van der Waals surface area contributed by atoms with Crippen LogP contribution in [-0.4, -0.2) is 131 Å². The lowest BCUT2D eigenvalue weighted by Gasteiger charge is -2.18. The van der Waals surface area contributed by atoms with E-state index in [-0.39, 0.29) is 46.9 Å². The summed E-state index contributed by atoms with van der Waals surface area (Å²) in [5.74, 6) is -1.29. The number of benzene rings is 1. The number of hydrogen-bond acceptors (Lipinski definition) is 17. The number of aromatic nitrogens is 8. The number of amides is 2. The second kappa shape index (κ2) is 21.0. The lowest BCUT2D eigenvalue weighted by molar-refractivity contribution is -0.118. The van der Waals surface area contributed by atoms with Crippen molar-refractivity contribution < 1.29 is 50.8 Å². The highest BCUT2D eigenvalue weighted by atomic mass is 32.2. The van der Waals surface area contributed by atoms with Crippen molar-refractivity contribution in [1.82, 2.24) is 48.7 Å². The van der Waals surface area contributed by atoms with Crippen LogP contribution in [0.3, 0.4) is 0 Å². The summed E-state index contributed by atoms with van der Waals surface area (Å²) in [6.45, 7) is 12.4. The summed E-state index contributed by atoms with van der Waals surface area (Å²) < 4.78 is 65.8. The minimum Gasteiger partial charge on any atom is -0.394 e. The molecule has 1 unspecified atom stereocenters. The number of aliphatic hydroxyl groups excluding tert-OH is 1. The van der Waals surface area contributed by atoms with Crippen LogP contribution in [0.2, 0.25) is 0 Å². The number of H-pyrrole nitrogens is 1. The van der Waals surface area contributed by atoms with Crippen molar-refractivity contribution in [3.05, 3.63) is 65.2 Å². The van der Waals surface area contributed by atoms with Crippen molar-refractivity contribution in [2.45, 2.75) is 84.3 Å². The summed E-state index contributed by atoms with van der Waals surface area (Å²) in [6.07, 6.45) is -2.76. The van der Waals surface area contributed by atoms with Gasteiger partial charge < -0.3 is 24.8 Å². The highest BCUT2D eigenvalue weighted by Gasteiger charge is 2.45. The van der Waals surface area contributed by atoms with Crippen LogP contribution in [0.5, 0.6) is 0 Å². The van der Waals surface area contributed by atoms with Crippen molar-refractivity contribution >= 4 is 64.5 Å². The molecule has 63 heavy (non-hydrogen) atoms. The molecule has 0 saturated carbocycles. The maximum absolute atomic E-state index is 13.2. The van der Waals surface area contributed by atoms with Crippen molar-refractivity contribution in [2.24, 2.45) is 5.92 Å². The van der Waals surface area contributed by atoms with Gasteiger partial charge in [-0.05, 0) is 31.8 Å². The molecule has 0 spiro atoms. The van der Waals surface area contributed by atoms with Gasteiger partial charge >= 0.3 is 18.6 Å². The number of aromatic amines is 1. The SMILES string of the molecule is CC(C)C(=O)Nc1nc2c(ncn2[C@@H]2O[C@H](CNS(=O)(=O)O[C@H]3C[C@H](n4cnc5c(NC(=O)c6ccccc6)ncnc54)O[C@@H]3CO)C[C@H]2O[P+](=O)O)c(=O)[nH]1.CCN(CC)CC. The van der Waals surface area contributed by atoms with E-state index in [4.69, 9.17) is 18.2 Å². The van der Waals surface area contributed by atoms with Gasteiger partial charge in [0.2, 0.25) is 11.9 Å². The van der Waals surface area contributed by atoms with Gasteiger partial charge in [-0.2, -0.15) is 18.1 Å². The van der Waals surface area contributed by atoms with E-state index in [2.05, 4.69) is 70.9 Å². The van der Waals surface area contributed by atoms with Crippen LogP contribution in [0.25, 0.3) is 22.3 Å². The normalized spacial score (nSPS) is 21.5. The summed E-state index contributed by atoms with van der Waals surface area (Å²) >= 11 is 0. The van der Waals surface area contributed by atoms with Crippen molar-refractivity contribution in [3.8, 4) is 0 Å². The first-order valence-corrected chi connectivity index (χ1v) is 22.6. The molecule has 7 atom stereocenters. The number of hydrogen-bond donors (Lipinski definition) is 6. The smallest absolute Gasteiger partial charge is 0.394 e. The predicted octanol–water partition coefficient (Wildman–Crippen LogP) is 1.98. The standard InChI is InChI=1S/C31H34N11O12PS.C6H15N/c1-15(2)27(44)39-31-38-26-23(29(46)40-31)35-14-42(26)30-19(53-55(47)48)8-17(51-30)10-36-56(49,50)54-18-9-21(52-20(18)11-43)41-13-34-22-24(32-12-33-25(22)41)37-28(45)16-6-4-3-5-7-16;1-4-7(5-2)6-3/h3-7,12-15,17-21,30,36,43H,8-11H2,1-2H3,(H3-,32,33,37,38,39,40,44,45,46,47,48);4-6H2,1-3H3/p+1/t17-,18-,19+,20+,21+,30+;/m0./s1. The molecular weight excluding hydrogens is 868 g/mol. The van der Waals surface area contributed by atoms with E-state index >= 15 is 0 Å². The second-order valence-electron chi connectivity index (χ2n) is 14.6. The predicted molar refractivity (Wildman–Crippen MR) is 225 cm³/mol. The number of nitrogens with zero attached hydrogens (tertiary/aromatic N) is 8. The average molecular weight is 918 g/mol. The zero-order valence-electron chi connectivity index (χ0n) is 35.0. The number of nitrogens with one attached hydrogen (secondary N) is 4. The summed E-state index contributed by atoms with van der Waals surface area (Å²) in [5, 5.41) is 15.3. The molecule has 26 heteroatoms. The number of imidazole rings is 2. The summed E-state index contributed by atoms with van der Waals surface area (Å²) in [7, 11) is -7.68. The van der Waals surface area contributed by atoms with Gasteiger partial charge in [-0.1, -0.05) is 52.8 Å². The maximum atomic E-state index is 13.2. The molecule has 2 saturated heterocycles. The Morgan fingerprint density at radius 2 is 1.67 bits per heavy atom. The van der Waals surface area contributed by atoms with Crippen LogP contribution in [-0.2, 0) is 37.8 Å². The topological polar surface area (TPSA) is 309 Å². The Balaban J connectivity index is 0.000000871. The zero-order chi connectivity index (χ0) is 45.4. The fraction of sp³-hybridized carbons (Fsp3) is 0.514. The molecule has 24 nitrogen and oxygen atoms in total. The van der Waals surface area contributed by atoms with E-state index in [0.717, 1.165) is 0 Å². The van der Waals surface area contributed by atoms with Crippen LogP contribution in [0.4, 0.5) is 11.8 Å². The van der Waals surface area contributed by atoms with E-state index in [1.807, 2.05) is 0 Å². The van der Waals surface area contributed by atoms with E-state index in [9.17, 15) is 37.4 Å². The molecule has 1 aromatic carbocycles. The van der Waals surface area contributed by atoms with Crippen molar-refractivity contribution in [2.75, 3.05) is 43.4 Å². The van der Waals surface area contributed by atoms with Gasteiger partial charge in [0.15, 0.2) is 40.5 Å². The van der Waals surface area contributed by atoms with E-state index in [1.54, 1.807) is 44.2 Å². The Kier molecular flexibility index (Phi) is 15.7. The van der Waals surface area contributed by atoms with Crippen LogP contribution < -0.4 is 20.9 Å². The first-order valence-electron chi connectivity index (χ1n) is 20.1. The Morgan fingerprint density at radius 3 is 2.32 bits per heavy atom. The number of fused-ring (bicyclic) bond motifs is 2. The molecule has 2 aliphatic heterocycles. The van der Waals surface area contributed by atoms with E-state index < -0.39 is 91.9 Å². The molecule has 6 N–H and O–H groups in total. The highest BCUT2D eigenvalue weighted by Crippen LogP contribution is 2.38. The number of rotatable bonds is 17. The molecule has 2 amide bonds. The van der Waals surface area contributed by atoms with Gasteiger partial charge in [-0.25, -0.2) is 19.9 Å². The minimum absolute atomic E-state index is 0.0414. The molecule has 0 radical (unpaired) electrons.